The van der Waals surface area contributed by atoms with E-state index in [1.165, 1.54) is 23.1 Å². The summed E-state index contributed by atoms with van der Waals surface area (Å²) >= 11 is 3.39. The van der Waals surface area contributed by atoms with E-state index in [4.69, 9.17) is 30.2 Å². The number of rotatable bonds is 4. The zero-order chi connectivity index (χ0) is 39.2. The summed E-state index contributed by atoms with van der Waals surface area (Å²) in [6.45, 7) is 17.3. The van der Waals surface area contributed by atoms with Gasteiger partial charge in [-0.1, -0.05) is 94.8 Å². The number of hydrogen-bond donors (Lipinski definition) is 0. The van der Waals surface area contributed by atoms with Crippen molar-refractivity contribution in [3.8, 4) is 0 Å². The third kappa shape index (κ3) is 10.7. The van der Waals surface area contributed by atoms with E-state index in [-0.39, 0.29) is 55.3 Å². The fourth-order valence-corrected chi connectivity index (χ4v) is 6.25. The van der Waals surface area contributed by atoms with Gasteiger partial charge in [0.1, 0.15) is 11.6 Å². The molecule has 13 heteroatoms. The Morgan fingerprint density at radius 2 is 1.07 bits per heavy atom. The van der Waals surface area contributed by atoms with Gasteiger partial charge in [0.15, 0.2) is 5.69 Å². The average Bonchev–Trinajstić information content (AvgIpc) is 3.84. The van der Waals surface area contributed by atoms with E-state index >= 15 is 0 Å². The minimum absolute atomic E-state index is 0. The van der Waals surface area contributed by atoms with Crippen LogP contribution in [0.25, 0.3) is 16.0 Å². The monoisotopic (exact) mass is 839 g/mol. The molecule has 6 rings (SSSR count). The van der Waals surface area contributed by atoms with Gasteiger partial charge in [0.25, 0.3) is 0 Å². The SMILES string of the molecule is CN(C)C(=O)N1CC(c2cc(Br)ccc2F)=CC1c1ccccc1.[C-]#N.[C-]#N.[C-]#[N+]c1ccc(F)c(C2=CC(c3ccccc3)N(C(=O)N(C)C)C2)c1.[Zn+2]. The van der Waals surface area contributed by atoms with Gasteiger partial charge in [-0.05, 0) is 52.6 Å². The summed E-state index contributed by atoms with van der Waals surface area (Å²) in [7, 11) is 6.84. The molecule has 2 heterocycles. The summed E-state index contributed by atoms with van der Waals surface area (Å²) in [5, 5.41) is 12.5. The fraction of sp³-hybridized carbons (Fsp3) is 0.195. The summed E-state index contributed by atoms with van der Waals surface area (Å²) in [6.07, 6.45) is 3.88. The van der Waals surface area contributed by atoms with Crippen molar-refractivity contribution >= 4 is 44.8 Å². The number of hydrogen-bond acceptors (Lipinski definition) is 4. The average molecular weight is 842 g/mol. The molecule has 54 heavy (non-hydrogen) atoms. The molecule has 0 aliphatic carbocycles. The second-order valence-electron chi connectivity index (χ2n) is 12.1. The number of urea groups is 2. The van der Waals surface area contributed by atoms with Crippen molar-refractivity contribution in [3.05, 3.63) is 172 Å². The summed E-state index contributed by atoms with van der Waals surface area (Å²) < 4.78 is 29.4. The van der Waals surface area contributed by atoms with Gasteiger partial charge in [-0.3, -0.25) is 0 Å². The first-order valence-electron chi connectivity index (χ1n) is 16.0. The molecule has 0 spiro atoms. The Hall–Kier alpha value is -5.67. The van der Waals surface area contributed by atoms with Crippen LogP contribution in [-0.2, 0) is 19.5 Å². The van der Waals surface area contributed by atoms with Gasteiger partial charge < -0.3 is 43.3 Å². The number of benzene rings is 4. The van der Waals surface area contributed by atoms with Crippen LogP contribution >= 0.6 is 15.9 Å². The van der Waals surface area contributed by atoms with Gasteiger partial charge in [0.05, 0.1) is 18.7 Å². The first kappa shape index (κ1) is 44.5. The summed E-state index contributed by atoms with van der Waals surface area (Å²) in [4.78, 5) is 35.0. The molecule has 2 aliphatic rings. The van der Waals surface area contributed by atoms with E-state index in [1.54, 1.807) is 61.1 Å². The standard InChI is InChI=1S/C20H18FN3O.C19H18BrFN2O.2CN.Zn/c1-22-16-9-10-18(21)17(12-16)15-11-19(14-7-5-4-6-8-14)24(13-15)20(25)23(2)3;1-22(2)19(24)23-12-14(16-11-15(20)8-9-17(16)21)10-18(23)13-6-4-3-5-7-13;2*1-2;/h4-12,19H,13H2,2-3H3;3-11,18H,12H2,1-2H3;;;/q;;2*-1;+2. The summed E-state index contributed by atoms with van der Waals surface area (Å²) in [5.41, 5.74) is 4.80. The molecule has 2 aliphatic heterocycles. The van der Waals surface area contributed by atoms with Crippen molar-refractivity contribution < 1.29 is 37.8 Å². The molecule has 0 fully saturated rings. The van der Waals surface area contributed by atoms with E-state index in [9.17, 15) is 18.4 Å². The Kier molecular flexibility index (Phi) is 17.4. The topological polar surface area (TPSA) is 99.0 Å². The minimum atomic E-state index is -0.385. The molecule has 9 nitrogen and oxygen atoms in total. The quantitative estimate of drug-likeness (QED) is 0.151. The molecular weight excluding hydrogens is 806 g/mol. The van der Waals surface area contributed by atoms with E-state index in [1.807, 2.05) is 72.8 Å². The first-order chi connectivity index (χ1) is 25.5. The molecule has 4 amide bonds. The largest absolute Gasteiger partial charge is 2.00 e. The smallest absolute Gasteiger partial charge is 0.512 e. The van der Waals surface area contributed by atoms with Crippen LogP contribution in [0.5, 0.6) is 0 Å². The normalized spacial score (nSPS) is 15.1. The predicted molar refractivity (Wildman–Crippen MR) is 203 cm³/mol. The van der Waals surface area contributed by atoms with Crippen LogP contribution in [0.4, 0.5) is 24.1 Å². The molecule has 0 saturated heterocycles. The van der Waals surface area contributed by atoms with Crippen LogP contribution in [0.1, 0.15) is 34.3 Å². The molecule has 0 N–H and O–H groups in total. The zero-order valence-corrected chi connectivity index (χ0v) is 34.8. The summed E-state index contributed by atoms with van der Waals surface area (Å²) in [6, 6.07) is 27.9. The maximum absolute atomic E-state index is 14.3. The van der Waals surface area contributed by atoms with E-state index < -0.39 is 0 Å². The zero-order valence-electron chi connectivity index (χ0n) is 30.2. The van der Waals surface area contributed by atoms with Crippen LogP contribution in [0.2, 0.25) is 0 Å². The van der Waals surface area contributed by atoms with Crippen LogP contribution in [0.3, 0.4) is 0 Å². The van der Waals surface area contributed by atoms with Crippen LogP contribution < -0.4 is 0 Å². The Morgan fingerprint density at radius 3 is 1.46 bits per heavy atom. The third-order valence-corrected chi connectivity index (χ3v) is 8.80. The first-order valence-corrected chi connectivity index (χ1v) is 16.8. The molecule has 4 aromatic carbocycles. The molecular formula is C41H36BrF2N7O2Zn. The predicted octanol–water partition coefficient (Wildman–Crippen LogP) is 9.40. The van der Waals surface area contributed by atoms with Crippen molar-refractivity contribution in [2.24, 2.45) is 0 Å². The van der Waals surface area contributed by atoms with E-state index in [2.05, 4.69) is 20.8 Å². The van der Waals surface area contributed by atoms with E-state index in [0.29, 0.717) is 35.5 Å². The number of carbonyl (C=O) groups is 2. The second kappa shape index (κ2) is 21.1. The number of amides is 4. The van der Waals surface area contributed by atoms with E-state index in [0.717, 1.165) is 21.2 Å². The van der Waals surface area contributed by atoms with Gasteiger partial charge in [-0.25, -0.2) is 23.2 Å². The molecule has 0 radical (unpaired) electrons. The van der Waals surface area contributed by atoms with Crippen molar-refractivity contribution in [2.45, 2.75) is 12.1 Å². The number of halogens is 3. The van der Waals surface area contributed by atoms with Gasteiger partial charge in [-0.15, -0.1) is 0 Å². The Labute approximate surface area is 336 Å². The molecule has 2 atom stereocenters. The van der Waals surface area contributed by atoms with Crippen molar-refractivity contribution in [1.82, 2.24) is 19.6 Å². The maximum Gasteiger partial charge on any atom is 2.00 e. The Bertz CT molecular complexity index is 2040. The third-order valence-electron chi connectivity index (χ3n) is 8.31. The maximum atomic E-state index is 14.3. The molecule has 4 aromatic rings. The summed E-state index contributed by atoms with van der Waals surface area (Å²) in [5.74, 6) is -0.667. The Balaban J connectivity index is 0.000000337. The van der Waals surface area contributed by atoms with Gasteiger partial charge >= 0.3 is 31.5 Å². The van der Waals surface area contributed by atoms with Gasteiger partial charge in [0, 0.05) is 56.9 Å². The molecule has 0 bridgehead atoms. The molecule has 2 unspecified atom stereocenters. The van der Waals surface area contributed by atoms with Crippen LogP contribution in [-0.4, -0.2) is 72.9 Å². The second-order valence-corrected chi connectivity index (χ2v) is 13.0. The minimum Gasteiger partial charge on any atom is -0.512 e. The van der Waals surface area contributed by atoms with Gasteiger partial charge in [-0.2, -0.15) is 0 Å². The molecule has 0 aromatic heterocycles. The molecule has 0 saturated carbocycles. The number of nitrogens with zero attached hydrogens (tertiary/aromatic N) is 7. The van der Waals surface area contributed by atoms with Crippen LogP contribution in [0, 0.1) is 41.9 Å². The Morgan fingerprint density at radius 1 is 0.685 bits per heavy atom. The van der Waals surface area contributed by atoms with Crippen molar-refractivity contribution in [1.29, 1.82) is 10.5 Å². The van der Waals surface area contributed by atoms with Crippen molar-refractivity contribution in [3.63, 3.8) is 0 Å². The van der Waals surface area contributed by atoms with Crippen LogP contribution in [0.15, 0.2) is 114 Å². The number of carbonyl (C=O) groups excluding carboxylic acids is 2. The van der Waals surface area contributed by atoms with Crippen molar-refractivity contribution in [2.75, 3.05) is 41.3 Å². The fourth-order valence-electron chi connectivity index (χ4n) is 5.89. The van der Waals surface area contributed by atoms with Gasteiger partial charge in [0.2, 0.25) is 0 Å². The molecule has 270 valence electrons.